The first-order valence-electron chi connectivity index (χ1n) is 12.1. The minimum Gasteiger partial charge on any atom is -0.493 e. The molecule has 0 spiro atoms. The number of aliphatic imine (C=N–C) groups is 1. The number of aliphatic carboxylic acids is 1. The third-order valence-electron chi connectivity index (χ3n) is 6.91. The van der Waals surface area contributed by atoms with Gasteiger partial charge in [0.2, 0.25) is 0 Å². The Balaban J connectivity index is 1.61. The SMILES string of the molecule is C=C(CC[C@H]1[C@H](C(=O)O)C(c2ccc3c(c2)CCO3)CN1Cc1cccc(C)c1)N=C/C=C\C. The number of nitrogens with zero attached hydrogens (tertiary/aromatic N) is 2. The minimum absolute atomic E-state index is 0.0713. The van der Waals surface area contributed by atoms with Crippen molar-refractivity contribution in [1.29, 1.82) is 0 Å². The summed E-state index contributed by atoms with van der Waals surface area (Å²) in [6.07, 6.45) is 7.79. The molecule has 2 heterocycles. The summed E-state index contributed by atoms with van der Waals surface area (Å²) in [5, 5.41) is 10.4. The van der Waals surface area contributed by atoms with E-state index in [9.17, 15) is 9.90 Å². The molecule has 0 bridgehead atoms. The summed E-state index contributed by atoms with van der Waals surface area (Å²) >= 11 is 0. The standard InChI is InChI=1S/C29H34N2O3/c1-4-5-14-30-21(3)9-11-26-28(29(32)33)25(23-10-12-27-24(17-23)13-15-34-27)19-31(26)18-22-8-6-7-20(2)16-22/h4-8,10,12,14,16-17,25-26,28H,3,9,11,13,15,18-19H2,1-2H3,(H,32,33)/b5-4-,30-14?/t25?,26-,28+/m0/s1. The molecule has 1 fully saturated rings. The van der Waals surface area contributed by atoms with Gasteiger partial charge in [0.15, 0.2) is 0 Å². The van der Waals surface area contributed by atoms with Crippen LogP contribution in [-0.2, 0) is 17.8 Å². The summed E-state index contributed by atoms with van der Waals surface area (Å²) in [7, 11) is 0. The molecule has 2 aromatic carbocycles. The van der Waals surface area contributed by atoms with E-state index in [0.29, 0.717) is 26.0 Å². The normalized spacial score (nSPS) is 22.4. The van der Waals surface area contributed by atoms with E-state index in [1.54, 1.807) is 6.21 Å². The number of carbonyl (C=O) groups is 1. The molecule has 1 N–H and O–H groups in total. The number of allylic oxidation sites excluding steroid dienone is 3. The van der Waals surface area contributed by atoms with Crippen LogP contribution in [0.15, 0.2) is 71.9 Å². The maximum atomic E-state index is 12.6. The molecule has 3 atom stereocenters. The van der Waals surface area contributed by atoms with Gasteiger partial charge in [0.05, 0.1) is 12.5 Å². The summed E-state index contributed by atoms with van der Waals surface area (Å²) in [6, 6.07) is 14.6. The van der Waals surface area contributed by atoms with Crippen LogP contribution < -0.4 is 4.74 Å². The van der Waals surface area contributed by atoms with E-state index in [2.05, 4.69) is 59.8 Å². The summed E-state index contributed by atoms with van der Waals surface area (Å²) in [5.74, 6) is -0.367. The van der Waals surface area contributed by atoms with E-state index >= 15 is 0 Å². The van der Waals surface area contributed by atoms with Crippen LogP contribution in [0.25, 0.3) is 0 Å². The summed E-state index contributed by atoms with van der Waals surface area (Å²) in [4.78, 5) is 19.4. The first-order chi connectivity index (χ1) is 16.5. The second-order valence-electron chi connectivity index (χ2n) is 9.33. The molecule has 2 aliphatic heterocycles. The van der Waals surface area contributed by atoms with Gasteiger partial charge in [-0.1, -0.05) is 54.6 Å². The van der Waals surface area contributed by atoms with Gasteiger partial charge in [-0.25, -0.2) is 0 Å². The Morgan fingerprint density at radius 1 is 1.29 bits per heavy atom. The van der Waals surface area contributed by atoms with Gasteiger partial charge in [0.1, 0.15) is 5.75 Å². The molecule has 0 aromatic heterocycles. The summed E-state index contributed by atoms with van der Waals surface area (Å²) in [6.45, 7) is 10.3. The third-order valence-corrected chi connectivity index (χ3v) is 6.91. The average Bonchev–Trinajstić information content (AvgIpc) is 3.42. The Bertz CT molecular complexity index is 1100. The molecule has 5 nitrogen and oxygen atoms in total. The van der Waals surface area contributed by atoms with Crippen LogP contribution in [-0.4, -0.2) is 41.4 Å². The van der Waals surface area contributed by atoms with Crippen LogP contribution in [0.5, 0.6) is 5.75 Å². The molecule has 1 saturated heterocycles. The zero-order chi connectivity index (χ0) is 24.1. The smallest absolute Gasteiger partial charge is 0.308 e. The van der Waals surface area contributed by atoms with E-state index in [1.807, 2.05) is 25.1 Å². The number of rotatable bonds is 9. The maximum Gasteiger partial charge on any atom is 0.308 e. The van der Waals surface area contributed by atoms with Crippen molar-refractivity contribution in [2.24, 2.45) is 10.9 Å². The quantitative estimate of drug-likeness (QED) is 0.501. The van der Waals surface area contributed by atoms with Crippen LogP contribution in [0.4, 0.5) is 0 Å². The van der Waals surface area contributed by atoms with Crippen LogP contribution >= 0.6 is 0 Å². The first kappa shape index (κ1) is 24.0. The van der Waals surface area contributed by atoms with Crippen LogP contribution in [0.2, 0.25) is 0 Å². The van der Waals surface area contributed by atoms with Crippen molar-refractivity contribution in [3.05, 3.63) is 89.1 Å². The number of likely N-dealkylation sites (tertiary alicyclic amines) is 1. The molecule has 2 aliphatic rings. The molecule has 2 aromatic rings. The number of hydrogen-bond donors (Lipinski definition) is 1. The number of hydrogen-bond acceptors (Lipinski definition) is 4. The molecule has 0 amide bonds. The fourth-order valence-corrected chi connectivity index (χ4v) is 5.29. The van der Waals surface area contributed by atoms with Gasteiger partial charge in [-0.3, -0.25) is 14.7 Å². The molecule has 0 radical (unpaired) electrons. The lowest BCUT2D eigenvalue weighted by Crippen LogP contribution is -2.35. The summed E-state index contributed by atoms with van der Waals surface area (Å²) < 4.78 is 5.67. The van der Waals surface area contributed by atoms with Crippen molar-refractivity contribution in [3.8, 4) is 5.75 Å². The van der Waals surface area contributed by atoms with Crippen molar-refractivity contribution in [2.45, 2.75) is 51.6 Å². The maximum absolute atomic E-state index is 12.6. The topological polar surface area (TPSA) is 62.1 Å². The largest absolute Gasteiger partial charge is 0.493 e. The number of aryl methyl sites for hydroxylation is 1. The van der Waals surface area contributed by atoms with Gasteiger partial charge >= 0.3 is 5.97 Å². The lowest BCUT2D eigenvalue weighted by atomic mass is 9.83. The Hall–Kier alpha value is -3.18. The van der Waals surface area contributed by atoms with Crippen LogP contribution in [0.3, 0.4) is 0 Å². The number of carboxylic acid groups (broad SMARTS) is 1. The highest BCUT2D eigenvalue weighted by molar-refractivity contribution is 5.73. The van der Waals surface area contributed by atoms with Crippen molar-refractivity contribution in [3.63, 3.8) is 0 Å². The van der Waals surface area contributed by atoms with Crippen LogP contribution in [0, 0.1) is 12.8 Å². The molecule has 1 unspecified atom stereocenters. The Labute approximate surface area is 202 Å². The first-order valence-corrected chi connectivity index (χ1v) is 12.1. The molecular formula is C29H34N2O3. The van der Waals surface area contributed by atoms with E-state index < -0.39 is 11.9 Å². The van der Waals surface area contributed by atoms with Gasteiger partial charge in [0, 0.05) is 43.4 Å². The highest BCUT2D eigenvalue weighted by Crippen LogP contribution is 2.42. The van der Waals surface area contributed by atoms with Gasteiger partial charge in [-0.2, -0.15) is 0 Å². The van der Waals surface area contributed by atoms with Crippen molar-refractivity contribution in [1.82, 2.24) is 4.90 Å². The lowest BCUT2D eigenvalue weighted by Gasteiger charge is -2.27. The highest BCUT2D eigenvalue weighted by Gasteiger charge is 2.46. The highest BCUT2D eigenvalue weighted by atomic mass is 16.5. The molecule has 5 heteroatoms. The summed E-state index contributed by atoms with van der Waals surface area (Å²) in [5.41, 5.74) is 5.48. The van der Waals surface area contributed by atoms with Crippen LogP contribution in [0.1, 0.15) is 47.9 Å². The minimum atomic E-state index is -0.735. The molecule has 4 rings (SSSR count). The van der Waals surface area contributed by atoms with Gasteiger partial charge in [-0.05, 0) is 55.5 Å². The zero-order valence-electron chi connectivity index (χ0n) is 20.1. The number of benzene rings is 2. The molecule has 0 saturated carbocycles. The van der Waals surface area contributed by atoms with Crippen molar-refractivity contribution >= 4 is 12.2 Å². The predicted octanol–water partition coefficient (Wildman–Crippen LogP) is 5.54. The molecular weight excluding hydrogens is 424 g/mol. The monoisotopic (exact) mass is 458 g/mol. The second-order valence-corrected chi connectivity index (χ2v) is 9.33. The number of ether oxygens (including phenoxy) is 1. The third kappa shape index (κ3) is 5.48. The molecule has 0 aliphatic carbocycles. The Morgan fingerprint density at radius 2 is 2.15 bits per heavy atom. The fourth-order valence-electron chi connectivity index (χ4n) is 5.29. The lowest BCUT2D eigenvalue weighted by molar-refractivity contribution is -0.143. The van der Waals surface area contributed by atoms with Crippen molar-refractivity contribution in [2.75, 3.05) is 13.2 Å². The molecule has 178 valence electrons. The van der Waals surface area contributed by atoms with Gasteiger partial charge < -0.3 is 9.84 Å². The second kappa shape index (κ2) is 10.8. The fraction of sp³-hybridized carbons (Fsp3) is 0.379. The van der Waals surface area contributed by atoms with Gasteiger partial charge in [-0.15, -0.1) is 0 Å². The van der Waals surface area contributed by atoms with E-state index in [-0.39, 0.29) is 12.0 Å². The zero-order valence-corrected chi connectivity index (χ0v) is 20.1. The predicted molar refractivity (Wildman–Crippen MR) is 137 cm³/mol. The van der Waals surface area contributed by atoms with E-state index in [0.717, 1.165) is 30.0 Å². The van der Waals surface area contributed by atoms with E-state index in [1.165, 1.54) is 16.7 Å². The number of carboxylic acids is 1. The average molecular weight is 459 g/mol. The van der Waals surface area contributed by atoms with E-state index in [4.69, 9.17) is 4.74 Å². The Kier molecular flexibility index (Phi) is 7.63. The van der Waals surface area contributed by atoms with Crippen molar-refractivity contribution < 1.29 is 14.6 Å². The number of fused-ring (bicyclic) bond motifs is 1. The van der Waals surface area contributed by atoms with Gasteiger partial charge in [0.25, 0.3) is 0 Å². The Morgan fingerprint density at radius 3 is 2.91 bits per heavy atom. The molecule has 34 heavy (non-hydrogen) atoms.